The summed E-state index contributed by atoms with van der Waals surface area (Å²) < 4.78 is 0. The number of aromatic nitrogens is 2. The third-order valence-corrected chi connectivity index (χ3v) is 3.87. The van der Waals surface area contributed by atoms with Crippen molar-refractivity contribution in [3.8, 4) is 0 Å². The number of hydrogen-bond acceptors (Lipinski definition) is 5. The number of amides is 1. The molecule has 1 atom stereocenters. The topological polar surface area (TPSA) is 90.1 Å². The number of rotatable bonds is 4. The van der Waals surface area contributed by atoms with Gasteiger partial charge in [0, 0.05) is 38.7 Å². The summed E-state index contributed by atoms with van der Waals surface area (Å²) in [5.41, 5.74) is 1.53. The predicted molar refractivity (Wildman–Crippen MR) is 90.1 cm³/mol. The number of carbonyl (C=O) groups is 1. The molecule has 0 saturated carbocycles. The molecule has 1 amide bonds. The number of aromatic amines is 1. The summed E-state index contributed by atoms with van der Waals surface area (Å²) >= 11 is 0. The Morgan fingerprint density at radius 1 is 1.39 bits per heavy atom. The lowest BCUT2D eigenvalue weighted by atomic mass is 10.0. The highest BCUT2D eigenvalue weighted by Crippen LogP contribution is 2.28. The molecule has 0 saturated heterocycles. The van der Waals surface area contributed by atoms with Gasteiger partial charge >= 0.3 is 0 Å². The molecule has 23 heavy (non-hydrogen) atoms. The van der Waals surface area contributed by atoms with E-state index in [2.05, 4.69) is 25.5 Å². The molecule has 0 radical (unpaired) electrons. The van der Waals surface area contributed by atoms with Crippen molar-refractivity contribution in [1.29, 1.82) is 0 Å². The fraction of sp³-hybridized carbons (Fsp3) is 0.312. The average Bonchev–Trinajstić information content (AvgIpc) is 2.90. The van der Waals surface area contributed by atoms with Crippen LogP contribution in [0.3, 0.4) is 0 Å². The minimum atomic E-state index is -0.272. The van der Waals surface area contributed by atoms with Crippen molar-refractivity contribution in [2.45, 2.75) is 12.8 Å². The predicted octanol–water partition coefficient (Wildman–Crippen LogP) is 1.37. The lowest BCUT2D eigenvalue weighted by molar-refractivity contribution is -0.114. The zero-order chi connectivity index (χ0) is 16.4. The molecule has 1 unspecified atom stereocenters. The summed E-state index contributed by atoms with van der Waals surface area (Å²) in [5.74, 6) is 0.485. The SMILES string of the molecule is CC(=O)Nc1nc2c(c(=O)[nH]1)C(CN(C)c1ccccc1)CN2. The molecule has 1 aliphatic rings. The van der Waals surface area contributed by atoms with Gasteiger partial charge in [0.05, 0.1) is 5.56 Å². The van der Waals surface area contributed by atoms with Gasteiger partial charge in [-0.1, -0.05) is 18.2 Å². The molecular formula is C16H19N5O2. The van der Waals surface area contributed by atoms with Crippen LogP contribution in [0.15, 0.2) is 35.1 Å². The number of nitrogens with zero attached hydrogens (tertiary/aromatic N) is 2. The summed E-state index contributed by atoms with van der Waals surface area (Å²) in [6.07, 6.45) is 0. The van der Waals surface area contributed by atoms with Crippen LogP contribution in [0, 0.1) is 0 Å². The molecule has 1 aromatic heterocycles. The van der Waals surface area contributed by atoms with Crippen LogP contribution in [0.5, 0.6) is 0 Å². The number of carbonyl (C=O) groups excluding carboxylic acids is 1. The van der Waals surface area contributed by atoms with Crippen LogP contribution in [0.25, 0.3) is 0 Å². The van der Waals surface area contributed by atoms with Gasteiger partial charge in [-0.15, -0.1) is 0 Å². The molecule has 0 spiro atoms. The van der Waals surface area contributed by atoms with Gasteiger partial charge in [-0.25, -0.2) is 0 Å². The number of likely N-dealkylation sites (N-methyl/N-ethyl adjacent to an activating group) is 1. The molecule has 0 bridgehead atoms. The maximum Gasteiger partial charge on any atom is 0.258 e. The van der Waals surface area contributed by atoms with Crippen LogP contribution in [0.4, 0.5) is 17.5 Å². The normalized spacial score (nSPS) is 15.7. The molecule has 0 fully saturated rings. The van der Waals surface area contributed by atoms with Crippen molar-refractivity contribution in [3.63, 3.8) is 0 Å². The Kier molecular flexibility index (Phi) is 4.01. The van der Waals surface area contributed by atoms with E-state index in [1.807, 2.05) is 37.4 Å². The second-order valence-electron chi connectivity index (χ2n) is 5.65. The van der Waals surface area contributed by atoms with E-state index in [0.29, 0.717) is 24.5 Å². The molecule has 7 nitrogen and oxygen atoms in total. The van der Waals surface area contributed by atoms with Crippen LogP contribution < -0.4 is 21.1 Å². The fourth-order valence-electron chi connectivity index (χ4n) is 2.82. The van der Waals surface area contributed by atoms with E-state index in [1.54, 1.807) is 0 Å². The van der Waals surface area contributed by atoms with Crippen LogP contribution >= 0.6 is 0 Å². The Bertz CT molecular complexity index is 772. The smallest absolute Gasteiger partial charge is 0.258 e. The highest BCUT2D eigenvalue weighted by atomic mass is 16.1. The Labute approximate surface area is 133 Å². The van der Waals surface area contributed by atoms with Crippen molar-refractivity contribution < 1.29 is 4.79 Å². The first kappa shape index (κ1) is 15.1. The second-order valence-corrected chi connectivity index (χ2v) is 5.65. The molecular weight excluding hydrogens is 294 g/mol. The number of H-pyrrole nitrogens is 1. The number of para-hydroxylation sites is 1. The Hall–Kier alpha value is -2.83. The van der Waals surface area contributed by atoms with Gasteiger partial charge in [-0.3, -0.25) is 19.9 Å². The van der Waals surface area contributed by atoms with Crippen LogP contribution in [-0.2, 0) is 4.79 Å². The van der Waals surface area contributed by atoms with Gasteiger partial charge < -0.3 is 10.2 Å². The van der Waals surface area contributed by atoms with Gasteiger partial charge in [0.2, 0.25) is 11.9 Å². The third kappa shape index (κ3) is 3.18. The van der Waals surface area contributed by atoms with Crippen LogP contribution in [-0.4, -0.2) is 36.0 Å². The van der Waals surface area contributed by atoms with Crippen LogP contribution in [0.1, 0.15) is 18.4 Å². The van der Waals surface area contributed by atoms with Crippen molar-refractivity contribution in [1.82, 2.24) is 9.97 Å². The third-order valence-electron chi connectivity index (χ3n) is 3.87. The monoisotopic (exact) mass is 313 g/mol. The quantitative estimate of drug-likeness (QED) is 0.793. The fourth-order valence-corrected chi connectivity index (χ4v) is 2.82. The van der Waals surface area contributed by atoms with Gasteiger partial charge in [0.25, 0.3) is 5.56 Å². The van der Waals surface area contributed by atoms with E-state index in [1.165, 1.54) is 6.92 Å². The van der Waals surface area contributed by atoms with Crippen molar-refractivity contribution >= 4 is 23.4 Å². The van der Waals surface area contributed by atoms with E-state index in [4.69, 9.17) is 0 Å². The highest BCUT2D eigenvalue weighted by molar-refractivity contribution is 5.86. The van der Waals surface area contributed by atoms with Crippen molar-refractivity contribution in [2.24, 2.45) is 0 Å². The van der Waals surface area contributed by atoms with Crippen LogP contribution in [0.2, 0.25) is 0 Å². The molecule has 7 heteroatoms. The molecule has 3 N–H and O–H groups in total. The molecule has 2 aromatic rings. The lowest BCUT2D eigenvalue weighted by Crippen LogP contribution is -2.28. The van der Waals surface area contributed by atoms with E-state index < -0.39 is 0 Å². The Morgan fingerprint density at radius 3 is 2.83 bits per heavy atom. The summed E-state index contributed by atoms with van der Waals surface area (Å²) in [6, 6.07) is 10.0. The molecule has 120 valence electrons. The minimum absolute atomic E-state index is 0.0397. The van der Waals surface area contributed by atoms with E-state index >= 15 is 0 Å². The molecule has 1 aromatic carbocycles. The lowest BCUT2D eigenvalue weighted by Gasteiger charge is -2.22. The standard InChI is InChI=1S/C16H19N5O2/c1-10(22)18-16-19-14-13(15(23)20-16)11(8-17-14)9-21(2)12-6-4-3-5-7-12/h3-7,11H,8-9H2,1-2H3,(H3,17,18,19,20,22,23). The minimum Gasteiger partial charge on any atom is -0.374 e. The highest BCUT2D eigenvalue weighted by Gasteiger charge is 2.28. The van der Waals surface area contributed by atoms with E-state index in [9.17, 15) is 9.59 Å². The summed E-state index contributed by atoms with van der Waals surface area (Å²) in [4.78, 5) is 32.4. The first-order valence-electron chi connectivity index (χ1n) is 7.46. The van der Waals surface area contributed by atoms with Crippen molar-refractivity contribution in [2.75, 3.05) is 35.7 Å². The molecule has 3 rings (SSSR count). The summed E-state index contributed by atoms with van der Waals surface area (Å²) in [7, 11) is 2.00. The van der Waals surface area contributed by atoms with Gasteiger partial charge in [0.15, 0.2) is 0 Å². The first-order valence-corrected chi connectivity index (χ1v) is 7.46. The Morgan fingerprint density at radius 2 is 2.13 bits per heavy atom. The zero-order valence-electron chi connectivity index (χ0n) is 13.1. The second kappa shape index (κ2) is 6.12. The number of nitrogens with one attached hydrogen (secondary N) is 3. The summed E-state index contributed by atoms with van der Waals surface area (Å²) in [6.45, 7) is 2.72. The first-order chi connectivity index (χ1) is 11.0. The summed E-state index contributed by atoms with van der Waals surface area (Å²) in [5, 5.41) is 5.65. The Balaban J connectivity index is 1.82. The number of fused-ring (bicyclic) bond motifs is 1. The van der Waals surface area contributed by atoms with E-state index in [0.717, 1.165) is 5.69 Å². The number of hydrogen-bond donors (Lipinski definition) is 3. The maximum absolute atomic E-state index is 12.3. The number of anilines is 3. The largest absolute Gasteiger partial charge is 0.374 e. The van der Waals surface area contributed by atoms with E-state index in [-0.39, 0.29) is 23.3 Å². The van der Waals surface area contributed by atoms with Gasteiger partial charge in [0.1, 0.15) is 5.82 Å². The molecule has 1 aliphatic heterocycles. The van der Waals surface area contributed by atoms with Gasteiger partial charge in [-0.2, -0.15) is 4.98 Å². The maximum atomic E-state index is 12.3. The average molecular weight is 313 g/mol. The van der Waals surface area contributed by atoms with Crippen molar-refractivity contribution in [3.05, 3.63) is 46.2 Å². The number of benzene rings is 1. The molecule has 0 aliphatic carbocycles. The molecule has 2 heterocycles. The van der Waals surface area contributed by atoms with Gasteiger partial charge in [-0.05, 0) is 12.1 Å². The zero-order valence-corrected chi connectivity index (χ0v) is 13.1.